The van der Waals surface area contributed by atoms with Gasteiger partial charge in [0.2, 0.25) is 0 Å². The van der Waals surface area contributed by atoms with Crippen molar-refractivity contribution in [3.63, 3.8) is 0 Å². The van der Waals surface area contributed by atoms with E-state index in [-0.39, 0.29) is 0 Å². The van der Waals surface area contributed by atoms with E-state index in [2.05, 4.69) is 27.6 Å². The lowest BCUT2D eigenvalue weighted by Gasteiger charge is -2.17. The highest BCUT2D eigenvalue weighted by Crippen LogP contribution is 2.16. The summed E-state index contributed by atoms with van der Waals surface area (Å²) in [5, 5.41) is 6.77. The second kappa shape index (κ2) is 6.63. The molecular formula is C14H20N4S. The summed E-state index contributed by atoms with van der Waals surface area (Å²) in [5.41, 5.74) is 8.99. The van der Waals surface area contributed by atoms with Gasteiger partial charge in [-0.1, -0.05) is 6.92 Å². The van der Waals surface area contributed by atoms with Crippen molar-refractivity contribution in [3.8, 4) is 0 Å². The Labute approximate surface area is 118 Å². The van der Waals surface area contributed by atoms with Gasteiger partial charge >= 0.3 is 0 Å². The molecule has 5 heteroatoms. The first-order chi connectivity index (χ1) is 9.19. The average molecular weight is 276 g/mol. The summed E-state index contributed by atoms with van der Waals surface area (Å²) in [7, 11) is 0. The fourth-order valence-electron chi connectivity index (χ4n) is 2.09. The van der Waals surface area contributed by atoms with Gasteiger partial charge in [0.25, 0.3) is 0 Å². The monoisotopic (exact) mass is 276 g/mol. The molecule has 2 heterocycles. The maximum absolute atomic E-state index is 5.98. The van der Waals surface area contributed by atoms with Crippen LogP contribution in [0.4, 0.5) is 5.69 Å². The molecule has 0 spiro atoms. The number of pyridine rings is 1. The number of aromatic nitrogens is 2. The van der Waals surface area contributed by atoms with Gasteiger partial charge in [-0.05, 0) is 31.5 Å². The third kappa shape index (κ3) is 4.01. The van der Waals surface area contributed by atoms with Crippen LogP contribution in [0.3, 0.4) is 0 Å². The molecule has 0 bridgehead atoms. The van der Waals surface area contributed by atoms with E-state index in [4.69, 9.17) is 5.73 Å². The van der Waals surface area contributed by atoms with E-state index in [1.165, 1.54) is 5.01 Å². The lowest BCUT2D eigenvalue weighted by molar-refractivity contribution is 0.520. The fourth-order valence-corrected chi connectivity index (χ4v) is 2.94. The zero-order valence-corrected chi connectivity index (χ0v) is 12.2. The lowest BCUT2D eigenvalue weighted by Crippen LogP contribution is -2.33. The Kier molecular flexibility index (Phi) is 4.87. The van der Waals surface area contributed by atoms with Crippen molar-refractivity contribution in [1.29, 1.82) is 0 Å². The second-order valence-electron chi connectivity index (χ2n) is 4.62. The maximum atomic E-state index is 5.98. The van der Waals surface area contributed by atoms with Crippen LogP contribution in [0.5, 0.6) is 0 Å². The van der Waals surface area contributed by atoms with E-state index in [9.17, 15) is 0 Å². The molecule has 3 N–H and O–H groups in total. The smallest absolute Gasteiger partial charge is 0.0943 e. The number of nitrogens with zero attached hydrogens (tertiary/aromatic N) is 2. The predicted octanol–water partition coefficient (Wildman–Crippen LogP) is 2.19. The molecule has 0 aromatic carbocycles. The summed E-state index contributed by atoms with van der Waals surface area (Å²) < 4.78 is 0. The van der Waals surface area contributed by atoms with Crippen molar-refractivity contribution >= 4 is 17.0 Å². The minimum Gasteiger partial charge on any atom is -0.398 e. The normalized spacial score (nSPS) is 12.5. The first kappa shape index (κ1) is 14.0. The lowest BCUT2D eigenvalue weighted by atomic mass is 10.0. The van der Waals surface area contributed by atoms with Crippen molar-refractivity contribution in [3.05, 3.63) is 40.1 Å². The molecule has 0 saturated carbocycles. The highest BCUT2D eigenvalue weighted by atomic mass is 32.1. The zero-order chi connectivity index (χ0) is 13.7. The average Bonchev–Trinajstić information content (AvgIpc) is 2.78. The van der Waals surface area contributed by atoms with Crippen LogP contribution < -0.4 is 11.1 Å². The molecule has 4 nitrogen and oxygen atoms in total. The first-order valence-corrected chi connectivity index (χ1v) is 7.39. The summed E-state index contributed by atoms with van der Waals surface area (Å²) in [6.45, 7) is 5.09. The van der Waals surface area contributed by atoms with Gasteiger partial charge in [0.15, 0.2) is 0 Å². The van der Waals surface area contributed by atoms with Crippen LogP contribution >= 0.6 is 11.3 Å². The summed E-state index contributed by atoms with van der Waals surface area (Å²) in [6, 6.07) is 2.20. The van der Waals surface area contributed by atoms with E-state index >= 15 is 0 Å². The van der Waals surface area contributed by atoms with Crippen molar-refractivity contribution < 1.29 is 0 Å². The molecule has 0 aliphatic heterocycles. The van der Waals surface area contributed by atoms with Crippen molar-refractivity contribution in [2.24, 2.45) is 0 Å². The molecule has 0 aliphatic carbocycles. The number of hydrogen-bond acceptors (Lipinski definition) is 5. The van der Waals surface area contributed by atoms with Gasteiger partial charge < -0.3 is 11.1 Å². The van der Waals surface area contributed by atoms with Crippen LogP contribution in [0, 0.1) is 6.92 Å². The van der Waals surface area contributed by atoms with Crippen LogP contribution in [-0.2, 0) is 12.8 Å². The standard InChI is InChI=1S/C14H20N4S/c1-3-17-12(7-14-18-10(2)9-19-14)6-11-8-16-5-4-13(11)15/h4-5,8-9,12,17H,3,6-7H2,1-2H3,(H2,15,16). The number of rotatable bonds is 6. The molecule has 2 rings (SSSR count). The SMILES string of the molecule is CCNC(Cc1nc(C)cs1)Cc1cnccc1N. The van der Waals surface area contributed by atoms with Crippen LogP contribution in [0.25, 0.3) is 0 Å². The molecule has 0 saturated heterocycles. The third-order valence-electron chi connectivity index (χ3n) is 2.99. The van der Waals surface area contributed by atoms with Gasteiger partial charge in [0.1, 0.15) is 0 Å². The Morgan fingerprint density at radius 3 is 2.89 bits per heavy atom. The van der Waals surface area contributed by atoms with Gasteiger partial charge in [-0.2, -0.15) is 0 Å². The van der Waals surface area contributed by atoms with Crippen molar-refractivity contribution in [2.45, 2.75) is 32.7 Å². The molecule has 0 radical (unpaired) electrons. The Morgan fingerprint density at radius 1 is 1.42 bits per heavy atom. The molecule has 2 aromatic heterocycles. The molecule has 1 atom stereocenters. The molecule has 2 aromatic rings. The fraction of sp³-hybridized carbons (Fsp3) is 0.429. The Balaban J connectivity index is 2.06. The first-order valence-electron chi connectivity index (χ1n) is 6.51. The molecule has 1 unspecified atom stereocenters. The van der Waals surface area contributed by atoms with Gasteiger partial charge in [-0.15, -0.1) is 11.3 Å². The number of anilines is 1. The van der Waals surface area contributed by atoms with Gasteiger partial charge in [0, 0.05) is 41.6 Å². The van der Waals surface area contributed by atoms with E-state index < -0.39 is 0 Å². The largest absolute Gasteiger partial charge is 0.398 e. The third-order valence-corrected chi connectivity index (χ3v) is 3.98. The predicted molar refractivity (Wildman–Crippen MR) is 80.4 cm³/mol. The number of likely N-dealkylation sites (N-methyl/N-ethyl adjacent to an activating group) is 1. The molecule has 19 heavy (non-hydrogen) atoms. The summed E-state index contributed by atoms with van der Waals surface area (Å²) in [6.07, 6.45) is 5.39. The number of aryl methyl sites for hydroxylation is 1. The van der Waals surface area contributed by atoms with E-state index in [1.54, 1.807) is 17.5 Å². The Hall–Kier alpha value is -1.46. The summed E-state index contributed by atoms with van der Waals surface area (Å²) in [5.74, 6) is 0. The van der Waals surface area contributed by atoms with Crippen molar-refractivity contribution in [2.75, 3.05) is 12.3 Å². The second-order valence-corrected chi connectivity index (χ2v) is 5.56. The molecular weight excluding hydrogens is 256 g/mol. The minimum atomic E-state index is 0.349. The van der Waals surface area contributed by atoms with Gasteiger partial charge in [-0.3, -0.25) is 4.98 Å². The van der Waals surface area contributed by atoms with E-state index in [1.807, 2.05) is 19.2 Å². The molecule has 0 amide bonds. The highest BCUT2D eigenvalue weighted by Gasteiger charge is 2.13. The van der Waals surface area contributed by atoms with Gasteiger partial charge in [-0.25, -0.2) is 4.98 Å². The molecule has 0 aliphatic rings. The number of nitrogen functional groups attached to an aromatic ring is 1. The van der Waals surface area contributed by atoms with Gasteiger partial charge in [0.05, 0.1) is 5.01 Å². The Bertz CT molecular complexity index is 524. The summed E-state index contributed by atoms with van der Waals surface area (Å²) in [4.78, 5) is 8.68. The van der Waals surface area contributed by atoms with Crippen LogP contribution in [0.15, 0.2) is 23.8 Å². The number of nitrogens with two attached hydrogens (primary N) is 1. The number of thiazole rings is 1. The number of nitrogens with one attached hydrogen (secondary N) is 1. The quantitative estimate of drug-likeness (QED) is 0.849. The van der Waals surface area contributed by atoms with Crippen molar-refractivity contribution in [1.82, 2.24) is 15.3 Å². The van der Waals surface area contributed by atoms with Crippen LogP contribution in [0.1, 0.15) is 23.2 Å². The van der Waals surface area contributed by atoms with E-state index in [0.29, 0.717) is 6.04 Å². The maximum Gasteiger partial charge on any atom is 0.0943 e. The Morgan fingerprint density at radius 2 is 2.26 bits per heavy atom. The zero-order valence-electron chi connectivity index (χ0n) is 11.4. The minimum absolute atomic E-state index is 0.349. The van der Waals surface area contributed by atoms with Crippen LogP contribution in [0.2, 0.25) is 0 Å². The highest BCUT2D eigenvalue weighted by molar-refractivity contribution is 7.09. The molecule has 0 fully saturated rings. The topological polar surface area (TPSA) is 63.8 Å². The van der Waals surface area contributed by atoms with E-state index in [0.717, 1.165) is 36.3 Å². The van der Waals surface area contributed by atoms with Crippen LogP contribution in [-0.4, -0.2) is 22.6 Å². The molecule has 102 valence electrons. The summed E-state index contributed by atoms with van der Waals surface area (Å²) >= 11 is 1.72. The number of hydrogen-bond donors (Lipinski definition) is 2.